The maximum Gasteiger partial charge on any atom is 0.307 e. The molecule has 11 heteroatoms. The van der Waals surface area contributed by atoms with Crippen molar-refractivity contribution in [2.24, 2.45) is 5.10 Å². The molecule has 6 nitrogen and oxygen atoms in total. The molecule has 35 heavy (non-hydrogen) atoms. The van der Waals surface area contributed by atoms with E-state index >= 15 is 0 Å². The van der Waals surface area contributed by atoms with E-state index in [0.717, 1.165) is 19.0 Å². The zero-order chi connectivity index (χ0) is 25.1. The van der Waals surface area contributed by atoms with Gasteiger partial charge in [-0.3, -0.25) is 4.79 Å². The van der Waals surface area contributed by atoms with Gasteiger partial charge in [-0.15, -0.1) is 0 Å². The van der Waals surface area contributed by atoms with E-state index in [1.165, 1.54) is 13.3 Å². The summed E-state index contributed by atoms with van der Waals surface area (Å²) in [5.41, 5.74) is 4.66. The van der Waals surface area contributed by atoms with E-state index in [1.54, 1.807) is 30.3 Å². The van der Waals surface area contributed by atoms with E-state index in [2.05, 4.69) is 65.0 Å². The van der Waals surface area contributed by atoms with Gasteiger partial charge in [0.15, 0.2) is 17.3 Å². The minimum Gasteiger partial charge on any atom is -0.493 e. The van der Waals surface area contributed by atoms with Gasteiger partial charge in [0.1, 0.15) is 12.2 Å². The predicted octanol–water partition coefficient (Wildman–Crippen LogP) is 8.22. The molecule has 0 saturated carbocycles. The van der Waals surface area contributed by atoms with Crippen molar-refractivity contribution in [3.05, 3.63) is 88.0 Å². The number of hydrogen-bond acceptors (Lipinski definition) is 5. The Bertz CT molecular complexity index is 1460. The predicted molar refractivity (Wildman–Crippen MR) is 153 cm³/mol. The summed E-state index contributed by atoms with van der Waals surface area (Å²) in [7, 11) is 1.54. The fourth-order valence-corrected chi connectivity index (χ4v) is 5.70. The summed E-state index contributed by atoms with van der Waals surface area (Å²) >= 11 is 21.2. The van der Waals surface area contributed by atoms with Crippen LogP contribution in [0, 0.1) is 3.57 Å². The van der Waals surface area contributed by atoms with Gasteiger partial charge in [0.2, 0.25) is 0 Å². The topological polar surface area (TPSA) is 73.1 Å². The number of carbonyl (C=O) groups is 1. The van der Waals surface area contributed by atoms with Gasteiger partial charge < -0.3 is 13.9 Å². The Labute approximate surface area is 241 Å². The zero-order valence-corrected chi connectivity index (χ0v) is 24.7. The number of fused-ring (bicyclic) bond motifs is 1. The molecule has 1 heterocycles. The minimum atomic E-state index is -0.461. The van der Waals surface area contributed by atoms with Gasteiger partial charge in [-0.25, -0.2) is 5.43 Å². The van der Waals surface area contributed by atoms with Crippen LogP contribution in [0.1, 0.15) is 21.7 Å². The first kappa shape index (κ1) is 26.3. The van der Waals surface area contributed by atoms with Crippen molar-refractivity contribution in [3.63, 3.8) is 0 Å². The van der Waals surface area contributed by atoms with Gasteiger partial charge in [-0.1, -0.05) is 45.2 Å². The van der Waals surface area contributed by atoms with Gasteiger partial charge in [0.25, 0.3) is 0 Å². The van der Waals surface area contributed by atoms with Gasteiger partial charge in [0.05, 0.1) is 31.4 Å². The molecule has 0 atom stereocenters. The second-order valence-corrected chi connectivity index (χ2v) is 10.9. The average Bonchev–Trinajstić information content (AvgIpc) is 3.25. The van der Waals surface area contributed by atoms with Crippen molar-refractivity contribution in [3.8, 4) is 11.5 Å². The molecule has 1 aromatic heterocycles. The lowest BCUT2D eigenvalue weighted by molar-refractivity contribution is 0.0929. The Morgan fingerprint density at radius 2 is 1.94 bits per heavy atom. The third-order valence-electron chi connectivity index (χ3n) is 4.76. The standard InChI is InChI=1S/C24H15Br2Cl2IN2O4/c1-33-20-6-13(4-16(26)23(20)34-11-12-2-3-17(27)18(28)5-12)10-30-31-24(32)21-8-14-7-15(25)9-19(29)22(14)35-21/h2-10H,11H2,1H3,(H,31,32)/b30-10-. The molecule has 4 rings (SSSR count). The molecule has 180 valence electrons. The first-order valence-corrected chi connectivity index (χ1v) is 13.3. The van der Waals surface area contributed by atoms with Crippen molar-refractivity contribution in [2.75, 3.05) is 7.11 Å². The molecule has 1 N–H and O–H groups in total. The molecule has 0 spiro atoms. The monoisotopic (exact) mass is 750 g/mol. The van der Waals surface area contributed by atoms with Crippen LogP contribution >= 0.6 is 77.7 Å². The van der Waals surface area contributed by atoms with Crippen LogP contribution in [0.25, 0.3) is 11.0 Å². The average molecular weight is 753 g/mol. The van der Waals surface area contributed by atoms with E-state index in [0.29, 0.717) is 37.2 Å². The summed E-state index contributed by atoms with van der Waals surface area (Å²) in [4.78, 5) is 12.5. The number of methoxy groups -OCH3 is 1. The molecule has 0 aliphatic rings. The molecule has 0 radical (unpaired) electrons. The van der Waals surface area contributed by atoms with Crippen LogP contribution in [0.2, 0.25) is 10.0 Å². The molecule has 1 amide bonds. The third-order valence-corrected chi connectivity index (χ3v) is 7.35. The number of benzene rings is 3. The molecule has 0 bridgehead atoms. The van der Waals surface area contributed by atoms with E-state index < -0.39 is 5.91 Å². The van der Waals surface area contributed by atoms with Crippen LogP contribution in [0.5, 0.6) is 11.5 Å². The first-order chi connectivity index (χ1) is 16.7. The molecular formula is C24H15Br2Cl2IN2O4. The first-order valence-electron chi connectivity index (χ1n) is 9.91. The van der Waals surface area contributed by atoms with Crippen LogP contribution in [-0.4, -0.2) is 19.2 Å². The smallest absolute Gasteiger partial charge is 0.307 e. The van der Waals surface area contributed by atoms with Crippen LogP contribution in [0.3, 0.4) is 0 Å². The fourth-order valence-electron chi connectivity index (χ4n) is 3.15. The SMILES string of the molecule is COc1cc(/C=N\NC(=O)c2cc3cc(Br)cc(I)c3o2)cc(Br)c1OCc1ccc(Cl)c(Cl)c1. The molecule has 0 aliphatic heterocycles. The number of furan rings is 1. The van der Waals surface area contributed by atoms with Gasteiger partial charge in [0, 0.05) is 9.86 Å². The summed E-state index contributed by atoms with van der Waals surface area (Å²) in [6.45, 7) is 0.266. The number of halogens is 5. The highest BCUT2D eigenvalue weighted by atomic mass is 127. The number of nitrogens with zero attached hydrogens (tertiary/aromatic N) is 1. The van der Waals surface area contributed by atoms with Gasteiger partial charge in [-0.05, 0) is 92.1 Å². The minimum absolute atomic E-state index is 0.165. The zero-order valence-electron chi connectivity index (χ0n) is 17.9. The second-order valence-electron chi connectivity index (χ2n) is 7.19. The summed E-state index contributed by atoms with van der Waals surface area (Å²) < 4.78 is 19.6. The van der Waals surface area contributed by atoms with Crippen LogP contribution in [-0.2, 0) is 6.61 Å². The number of hydrazone groups is 1. The summed E-state index contributed by atoms with van der Waals surface area (Å²) in [6, 6.07) is 14.3. The number of nitrogens with one attached hydrogen (secondary N) is 1. The highest BCUT2D eigenvalue weighted by molar-refractivity contribution is 14.1. The van der Waals surface area contributed by atoms with Crippen LogP contribution in [0.15, 0.2) is 67.0 Å². The Balaban J connectivity index is 1.45. The normalized spacial score (nSPS) is 11.3. The molecule has 0 unspecified atom stereocenters. The number of ether oxygens (including phenoxy) is 2. The lowest BCUT2D eigenvalue weighted by atomic mass is 10.2. The molecule has 0 saturated heterocycles. The maximum absolute atomic E-state index is 12.5. The maximum atomic E-state index is 12.5. The molecular weight excluding hydrogens is 738 g/mol. The van der Waals surface area contributed by atoms with Crippen molar-refractivity contribution in [1.29, 1.82) is 0 Å². The lowest BCUT2D eigenvalue weighted by Crippen LogP contribution is -2.16. The number of rotatable bonds is 7. The molecule has 0 fully saturated rings. The van der Waals surface area contributed by atoms with Gasteiger partial charge >= 0.3 is 5.91 Å². The van der Waals surface area contributed by atoms with Crippen molar-refractivity contribution in [1.82, 2.24) is 5.43 Å². The summed E-state index contributed by atoms with van der Waals surface area (Å²) in [5.74, 6) is 0.711. The molecule has 3 aromatic carbocycles. The Morgan fingerprint density at radius 3 is 2.69 bits per heavy atom. The molecule has 4 aromatic rings. The number of amides is 1. The van der Waals surface area contributed by atoms with Crippen LogP contribution in [0.4, 0.5) is 0 Å². The van der Waals surface area contributed by atoms with Crippen LogP contribution < -0.4 is 14.9 Å². The Morgan fingerprint density at radius 1 is 1.14 bits per heavy atom. The van der Waals surface area contributed by atoms with Crippen molar-refractivity contribution >= 4 is 101 Å². The second kappa shape index (κ2) is 11.5. The quantitative estimate of drug-likeness (QED) is 0.117. The van der Waals surface area contributed by atoms with Crippen molar-refractivity contribution in [2.45, 2.75) is 6.61 Å². The molecule has 0 aliphatic carbocycles. The lowest BCUT2D eigenvalue weighted by Gasteiger charge is -2.14. The fraction of sp³-hybridized carbons (Fsp3) is 0.0833. The van der Waals surface area contributed by atoms with E-state index in [1.807, 2.05) is 18.2 Å². The number of hydrogen-bond donors (Lipinski definition) is 1. The van der Waals surface area contributed by atoms with E-state index in [-0.39, 0.29) is 12.4 Å². The van der Waals surface area contributed by atoms with Crippen molar-refractivity contribution < 1.29 is 18.7 Å². The van der Waals surface area contributed by atoms with E-state index in [4.69, 9.17) is 37.1 Å². The summed E-state index contributed by atoms with van der Waals surface area (Å²) in [5, 5.41) is 5.80. The summed E-state index contributed by atoms with van der Waals surface area (Å²) in [6.07, 6.45) is 1.50. The third kappa shape index (κ3) is 6.32. The number of carbonyl (C=O) groups excluding carboxylic acids is 1. The highest BCUT2D eigenvalue weighted by Gasteiger charge is 2.15. The highest BCUT2D eigenvalue weighted by Crippen LogP contribution is 2.37. The van der Waals surface area contributed by atoms with E-state index in [9.17, 15) is 4.79 Å². The largest absolute Gasteiger partial charge is 0.493 e. The Hall–Kier alpha value is -1.79. The van der Waals surface area contributed by atoms with Gasteiger partial charge in [-0.2, -0.15) is 5.10 Å². The Kier molecular flexibility index (Phi) is 8.64.